The van der Waals surface area contributed by atoms with E-state index in [0.717, 1.165) is 24.6 Å². The van der Waals surface area contributed by atoms with E-state index < -0.39 is 17.0 Å². The van der Waals surface area contributed by atoms with Gasteiger partial charge in [0, 0.05) is 12.2 Å². The number of nitrogens with zero attached hydrogens (tertiary/aromatic N) is 3. The summed E-state index contributed by atoms with van der Waals surface area (Å²) in [5.74, 6) is -0.622. The van der Waals surface area contributed by atoms with Gasteiger partial charge >= 0.3 is 5.69 Å². The van der Waals surface area contributed by atoms with E-state index in [9.17, 15) is 14.4 Å². The van der Waals surface area contributed by atoms with E-state index in [1.807, 2.05) is 0 Å². The summed E-state index contributed by atoms with van der Waals surface area (Å²) in [5, 5.41) is 0.934. The van der Waals surface area contributed by atoms with Crippen molar-refractivity contribution in [3.8, 4) is 0 Å². The van der Waals surface area contributed by atoms with Gasteiger partial charge in [-0.25, -0.2) is 14.8 Å². The van der Waals surface area contributed by atoms with Crippen LogP contribution in [0.25, 0.3) is 11.2 Å². The minimum absolute atomic E-state index is 0.0512. The fraction of sp³-hybridized carbons (Fsp3) is 0.267. The third kappa shape index (κ3) is 3.01. The third-order valence-electron chi connectivity index (χ3n) is 4.00. The van der Waals surface area contributed by atoms with E-state index in [1.54, 1.807) is 6.07 Å². The van der Waals surface area contributed by atoms with Gasteiger partial charge in [-0.3, -0.25) is 19.1 Å². The van der Waals surface area contributed by atoms with Gasteiger partial charge in [-0.2, -0.15) is 0 Å². The number of fused-ring (bicyclic) bond motifs is 1. The number of pyridine rings is 1. The Morgan fingerprint density at radius 3 is 2.88 bits per heavy atom. The average molecular weight is 393 g/mol. The summed E-state index contributed by atoms with van der Waals surface area (Å²) in [6.45, 7) is 0. The maximum absolute atomic E-state index is 12.5. The number of imidazole rings is 1. The zero-order valence-corrected chi connectivity index (χ0v) is 14.9. The number of aromatic nitrogens is 5. The van der Waals surface area contributed by atoms with Crippen LogP contribution >= 0.6 is 23.4 Å². The summed E-state index contributed by atoms with van der Waals surface area (Å²) in [6, 6.07) is 1.63. The molecule has 0 spiro atoms. The average Bonchev–Trinajstić information content (AvgIpc) is 3.31. The molecule has 3 heterocycles. The van der Waals surface area contributed by atoms with Crippen molar-refractivity contribution in [1.29, 1.82) is 0 Å². The van der Waals surface area contributed by atoms with Gasteiger partial charge in [0.1, 0.15) is 11.4 Å². The highest BCUT2D eigenvalue weighted by Gasteiger charge is 2.30. The molecule has 134 valence electrons. The van der Waals surface area contributed by atoms with Crippen LogP contribution in [0.5, 0.6) is 0 Å². The topological polar surface area (TPSA) is 140 Å². The number of H-pyrrole nitrogens is 2. The molecule has 1 saturated carbocycles. The Balaban J connectivity index is 1.59. The number of halogens is 1. The first-order valence-corrected chi connectivity index (χ1v) is 9.12. The van der Waals surface area contributed by atoms with Crippen LogP contribution in [0, 0.1) is 0 Å². The second kappa shape index (κ2) is 6.29. The van der Waals surface area contributed by atoms with Crippen LogP contribution in [0.1, 0.15) is 29.2 Å². The number of nitrogens with two attached hydrogens (primary N) is 1. The number of carbonyl (C=O) groups is 1. The molecule has 0 saturated heterocycles. The maximum atomic E-state index is 12.5. The molecule has 9 nitrogen and oxygen atoms in total. The number of hydrogen-bond donors (Lipinski definition) is 3. The molecule has 26 heavy (non-hydrogen) atoms. The van der Waals surface area contributed by atoms with Crippen molar-refractivity contribution >= 4 is 46.1 Å². The molecule has 0 bridgehead atoms. The van der Waals surface area contributed by atoms with Gasteiger partial charge < -0.3 is 10.7 Å². The van der Waals surface area contributed by atoms with E-state index in [1.165, 1.54) is 10.8 Å². The van der Waals surface area contributed by atoms with Crippen molar-refractivity contribution in [1.82, 2.24) is 24.5 Å². The summed E-state index contributed by atoms with van der Waals surface area (Å²) < 4.78 is 1.28. The highest BCUT2D eigenvalue weighted by Crippen LogP contribution is 2.35. The second-order valence-corrected chi connectivity index (χ2v) is 7.30. The summed E-state index contributed by atoms with van der Waals surface area (Å²) in [7, 11) is 0. The Morgan fingerprint density at radius 2 is 2.15 bits per heavy atom. The lowest BCUT2D eigenvalue weighted by molar-refractivity contribution is 0.102. The first kappa shape index (κ1) is 16.9. The van der Waals surface area contributed by atoms with Crippen molar-refractivity contribution in [2.75, 3.05) is 11.5 Å². The minimum atomic E-state index is -0.770. The Labute approximate surface area is 155 Å². The summed E-state index contributed by atoms with van der Waals surface area (Å²) >= 11 is 6.99. The van der Waals surface area contributed by atoms with Crippen LogP contribution in [0.15, 0.2) is 27.0 Å². The van der Waals surface area contributed by atoms with Gasteiger partial charge in [0.2, 0.25) is 0 Å². The Morgan fingerprint density at radius 1 is 1.38 bits per heavy atom. The van der Waals surface area contributed by atoms with Gasteiger partial charge in [-0.05, 0) is 18.9 Å². The SMILES string of the molecule is Nc1c(C(=O)CSc2nc3ncc(Cl)cc3[nH]2)c(=O)[nH]c(=O)n1C1CC1. The largest absolute Gasteiger partial charge is 0.384 e. The number of nitrogens with one attached hydrogen (secondary N) is 2. The number of nitrogen functional groups attached to an aromatic ring is 1. The molecule has 0 amide bonds. The van der Waals surface area contributed by atoms with Crippen LogP contribution in [0.4, 0.5) is 5.82 Å². The van der Waals surface area contributed by atoms with Gasteiger partial charge in [-0.15, -0.1) is 0 Å². The number of thioether (sulfide) groups is 1. The van der Waals surface area contributed by atoms with E-state index in [0.29, 0.717) is 21.3 Å². The number of aromatic amines is 2. The molecule has 0 aliphatic heterocycles. The summed E-state index contributed by atoms with van der Waals surface area (Å²) in [5.41, 5.74) is 5.51. The number of carbonyl (C=O) groups excluding carboxylic acids is 1. The number of hydrogen-bond acceptors (Lipinski definition) is 7. The zero-order chi connectivity index (χ0) is 18.4. The van der Waals surface area contributed by atoms with E-state index in [2.05, 4.69) is 19.9 Å². The molecular formula is C15H13ClN6O3S. The molecule has 4 rings (SSSR count). The molecule has 3 aromatic rings. The molecule has 11 heteroatoms. The maximum Gasteiger partial charge on any atom is 0.330 e. The Bertz CT molecular complexity index is 1150. The fourth-order valence-corrected chi connectivity index (χ4v) is 3.56. The molecule has 0 aromatic carbocycles. The van der Waals surface area contributed by atoms with Crippen molar-refractivity contribution in [2.24, 2.45) is 0 Å². The van der Waals surface area contributed by atoms with Crippen LogP contribution in [-0.4, -0.2) is 36.0 Å². The lowest BCUT2D eigenvalue weighted by Gasteiger charge is -2.10. The quantitative estimate of drug-likeness (QED) is 0.439. The van der Waals surface area contributed by atoms with Crippen LogP contribution in [0.3, 0.4) is 0 Å². The van der Waals surface area contributed by atoms with Crippen molar-refractivity contribution in [3.63, 3.8) is 0 Å². The molecule has 4 N–H and O–H groups in total. The minimum Gasteiger partial charge on any atom is -0.384 e. The Kier molecular flexibility index (Phi) is 4.08. The van der Waals surface area contributed by atoms with Gasteiger partial charge in [0.05, 0.1) is 16.3 Å². The fourth-order valence-electron chi connectivity index (χ4n) is 2.66. The van der Waals surface area contributed by atoms with E-state index in [-0.39, 0.29) is 23.2 Å². The van der Waals surface area contributed by atoms with E-state index in [4.69, 9.17) is 17.3 Å². The van der Waals surface area contributed by atoms with Crippen LogP contribution in [0.2, 0.25) is 5.02 Å². The number of Topliss-reactive ketones (excluding diaryl/α,β-unsaturated/α-hetero) is 1. The lowest BCUT2D eigenvalue weighted by atomic mass is 10.2. The molecule has 1 aliphatic rings. The number of anilines is 1. The second-order valence-electron chi connectivity index (χ2n) is 5.90. The van der Waals surface area contributed by atoms with Gasteiger partial charge in [0.25, 0.3) is 5.56 Å². The van der Waals surface area contributed by atoms with Gasteiger partial charge in [0.15, 0.2) is 16.6 Å². The molecule has 3 aromatic heterocycles. The number of rotatable bonds is 5. The third-order valence-corrected chi connectivity index (χ3v) is 5.08. The highest BCUT2D eigenvalue weighted by atomic mass is 35.5. The van der Waals surface area contributed by atoms with Gasteiger partial charge in [-0.1, -0.05) is 23.4 Å². The summed E-state index contributed by atoms with van der Waals surface area (Å²) in [4.78, 5) is 50.0. The lowest BCUT2D eigenvalue weighted by Crippen LogP contribution is -2.36. The van der Waals surface area contributed by atoms with Crippen LogP contribution < -0.4 is 17.0 Å². The first-order valence-electron chi connectivity index (χ1n) is 7.75. The zero-order valence-electron chi connectivity index (χ0n) is 13.3. The van der Waals surface area contributed by atoms with Crippen LogP contribution in [-0.2, 0) is 0 Å². The first-order chi connectivity index (χ1) is 12.4. The molecule has 1 aliphatic carbocycles. The predicted molar refractivity (Wildman–Crippen MR) is 98.0 cm³/mol. The number of ketones is 1. The molecular weight excluding hydrogens is 380 g/mol. The summed E-state index contributed by atoms with van der Waals surface area (Å²) in [6.07, 6.45) is 3.08. The molecule has 0 atom stereocenters. The monoisotopic (exact) mass is 392 g/mol. The van der Waals surface area contributed by atoms with Crippen molar-refractivity contribution < 1.29 is 4.79 Å². The van der Waals surface area contributed by atoms with E-state index >= 15 is 0 Å². The van der Waals surface area contributed by atoms with Crippen molar-refractivity contribution in [3.05, 3.63) is 43.7 Å². The molecule has 1 fully saturated rings. The Hall–Kier alpha value is -2.59. The predicted octanol–water partition coefficient (Wildman–Crippen LogP) is 1.35. The van der Waals surface area contributed by atoms with Crippen molar-refractivity contribution in [2.45, 2.75) is 24.0 Å². The molecule has 0 unspecified atom stereocenters. The molecule has 0 radical (unpaired) electrons. The normalized spacial score (nSPS) is 14.0. The standard InChI is InChI=1S/C15H13ClN6O3S/c16-6-3-8-12(18-4-6)20-14(19-8)26-5-9(23)10-11(17)22(7-1-2-7)15(25)21-13(10)24/h3-4,7H,1-2,5,17H2,(H,18,19,20)(H,21,24,25). The smallest absolute Gasteiger partial charge is 0.330 e. The highest BCUT2D eigenvalue weighted by molar-refractivity contribution is 7.99.